The fourth-order valence-electron chi connectivity index (χ4n) is 2.37. The highest BCUT2D eigenvalue weighted by Gasteiger charge is 2.16. The van der Waals surface area contributed by atoms with Crippen molar-refractivity contribution >= 4 is 33.2 Å². The molecule has 0 spiro atoms. The number of rotatable bonds is 6. The lowest BCUT2D eigenvalue weighted by molar-refractivity contribution is -0.129. The molecule has 0 bridgehead atoms. The molecule has 136 valence electrons. The standard InChI is InChI=1S/C18H18ClN3O3S/c1-3-22(13(2)23)12-14-5-4-6-16(9-14)21-26(24,25)17-8-7-15(11-20)18(19)10-17/h4-10,21H,3,12H2,1-2H3. The lowest BCUT2D eigenvalue weighted by Crippen LogP contribution is -2.27. The van der Waals surface area contributed by atoms with Crippen LogP contribution in [-0.2, 0) is 21.4 Å². The molecular formula is C18H18ClN3O3S. The lowest BCUT2D eigenvalue weighted by atomic mass is 10.2. The van der Waals surface area contributed by atoms with Crippen LogP contribution < -0.4 is 4.72 Å². The number of sulfonamides is 1. The quantitative estimate of drug-likeness (QED) is 0.817. The number of hydrogen-bond acceptors (Lipinski definition) is 4. The molecule has 0 aromatic heterocycles. The molecule has 2 aromatic carbocycles. The van der Waals surface area contributed by atoms with E-state index in [1.807, 2.05) is 19.1 Å². The Kier molecular flexibility index (Phi) is 6.24. The maximum absolute atomic E-state index is 12.5. The summed E-state index contributed by atoms with van der Waals surface area (Å²) >= 11 is 5.91. The molecule has 26 heavy (non-hydrogen) atoms. The Balaban J connectivity index is 2.25. The number of anilines is 1. The van der Waals surface area contributed by atoms with Crippen molar-refractivity contribution in [3.8, 4) is 6.07 Å². The lowest BCUT2D eigenvalue weighted by Gasteiger charge is -2.19. The molecule has 1 N–H and O–H groups in total. The van der Waals surface area contributed by atoms with E-state index in [-0.39, 0.29) is 21.4 Å². The highest BCUT2D eigenvalue weighted by molar-refractivity contribution is 7.92. The van der Waals surface area contributed by atoms with E-state index in [1.165, 1.54) is 25.1 Å². The van der Waals surface area contributed by atoms with Gasteiger partial charge in [-0.1, -0.05) is 23.7 Å². The SMILES string of the molecule is CCN(Cc1cccc(NS(=O)(=O)c2ccc(C#N)c(Cl)c2)c1)C(C)=O. The summed E-state index contributed by atoms with van der Waals surface area (Å²) in [4.78, 5) is 13.2. The van der Waals surface area contributed by atoms with Crippen molar-refractivity contribution in [2.45, 2.75) is 25.3 Å². The van der Waals surface area contributed by atoms with E-state index < -0.39 is 10.0 Å². The maximum atomic E-state index is 12.5. The first kappa shape index (κ1) is 19.8. The topological polar surface area (TPSA) is 90.3 Å². The number of amides is 1. The van der Waals surface area contributed by atoms with Crippen LogP contribution in [0.2, 0.25) is 5.02 Å². The van der Waals surface area contributed by atoms with E-state index in [4.69, 9.17) is 16.9 Å². The minimum absolute atomic E-state index is 0.0363. The van der Waals surface area contributed by atoms with Crippen molar-refractivity contribution in [3.63, 3.8) is 0 Å². The predicted molar refractivity (Wildman–Crippen MR) is 100 cm³/mol. The summed E-state index contributed by atoms with van der Waals surface area (Å²) in [6, 6.07) is 12.6. The highest BCUT2D eigenvalue weighted by atomic mass is 35.5. The summed E-state index contributed by atoms with van der Waals surface area (Å²) in [5, 5.41) is 8.95. The Bertz CT molecular complexity index is 968. The molecule has 2 rings (SSSR count). The Morgan fingerprint density at radius 2 is 2.00 bits per heavy atom. The Labute approximate surface area is 158 Å². The highest BCUT2D eigenvalue weighted by Crippen LogP contribution is 2.23. The van der Waals surface area contributed by atoms with E-state index in [9.17, 15) is 13.2 Å². The number of carbonyl (C=O) groups is 1. The van der Waals surface area contributed by atoms with Crippen LogP contribution in [0.5, 0.6) is 0 Å². The van der Waals surface area contributed by atoms with Gasteiger partial charge < -0.3 is 4.90 Å². The van der Waals surface area contributed by atoms with Gasteiger partial charge in [0.05, 0.1) is 15.5 Å². The molecular weight excluding hydrogens is 374 g/mol. The number of halogens is 1. The molecule has 0 heterocycles. The van der Waals surface area contributed by atoms with Gasteiger partial charge in [-0.25, -0.2) is 8.42 Å². The number of nitriles is 1. The second-order valence-corrected chi connectivity index (χ2v) is 7.68. The van der Waals surface area contributed by atoms with Crippen molar-refractivity contribution in [2.75, 3.05) is 11.3 Å². The largest absolute Gasteiger partial charge is 0.339 e. The molecule has 0 atom stereocenters. The van der Waals surface area contributed by atoms with E-state index >= 15 is 0 Å². The van der Waals surface area contributed by atoms with Crippen molar-refractivity contribution in [1.82, 2.24) is 4.90 Å². The predicted octanol–water partition coefficient (Wildman–Crippen LogP) is 3.38. The van der Waals surface area contributed by atoms with Crippen LogP contribution in [0.3, 0.4) is 0 Å². The number of nitrogens with one attached hydrogen (secondary N) is 1. The summed E-state index contributed by atoms with van der Waals surface area (Å²) in [5.74, 6) is -0.0503. The molecule has 8 heteroatoms. The van der Waals surface area contributed by atoms with Crippen LogP contribution in [0.4, 0.5) is 5.69 Å². The van der Waals surface area contributed by atoms with Gasteiger partial charge in [-0.05, 0) is 42.8 Å². The van der Waals surface area contributed by atoms with Crippen molar-refractivity contribution in [2.24, 2.45) is 0 Å². The number of nitrogens with zero attached hydrogens (tertiary/aromatic N) is 2. The van der Waals surface area contributed by atoms with Gasteiger partial charge in [0.15, 0.2) is 0 Å². The second kappa shape index (κ2) is 8.21. The van der Waals surface area contributed by atoms with Crippen LogP contribution in [0.15, 0.2) is 47.4 Å². The first-order valence-corrected chi connectivity index (χ1v) is 9.70. The van der Waals surface area contributed by atoms with Gasteiger partial charge in [-0.3, -0.25) is 9.52 Å². The summed E-state index contributed by atoms with van der Waals surface area (Å²) in [7, 11) is -3.85. The van der Waals surface area contributed by atoms with Gasteiger partial charge in [0.1, 0.15) is 6.07 Å². The molecule has 1 amide bonds. The van der Waals surface area contributed by atoms with Crippen LogP contribution >= 0.6 is 11.6 Å². The van der Waals surface area contributed by atoms with Crippen molar-refractivity contribution < 1.29 is 13.2 Å². The fourth-order valence-corrected chi connectivity index (χ4v) is 3.73. The minimum atomic E-state index is -3.85. The van der Waals surface area contributed by atoms with Crippen LogP contribution in [0.1, 0.15) is 25.0 Å². The first-order chi connectivity index (χ1) is 12.3. The van der Waals surface area contributed by atoms with Gasteiger partial charge in [0.25, 0.3) is 10.0 Å². The van der Waals surface area contributed by atoms with E-state index in [2.05, 4.69) is 4.72 Å². The van der Waals surface area contributed by atoms with Gasteiger partial charge in [-0.2, -0.15) is 5.26 Å². The van der Waals surface area contributed by atoms with E-state index in [1.54, 1.807) is 23.1 Å². The average molecular weight is 392 g/mol. The summed E-state index contributed by atoms with van der Waals surface area (Å²) in [6.45, 7) is 4.33. The molecule has 0 unspecified atom stereocenters. The first-order valence-electron chi connectivity index (χ1n) is 7.83. The number of hydrogen-bond donors (Lipinski definition) is 1. The van der Waals surface area contributed by atoms with Crippen LogP contribution in [0.25, 0.3) is 0 Å². The molecule has 0 aliphatic rings. The molecule has 2 aromatic rings. The van der Waals surface area contributed by atoms with E-state index in [0.717, 1.165) is 5.56 Å². The fraction of sp³-hybridized carbons (Fsp3) is 0.222. The van der Waals surface area contributed by atoms with Crippen molar-refractivity contribution in [1.29, 1.82) is 5.26 Å². The normalized spacial score (nSPS) is 10.8. The molecule has 0 saturated heterocycles. The Morgan fingerprint density at radius 1 is 1.27 bits per heavy atom. The third-order valence-corrected chi connectivity index (χ3v) is 5.44. The number of carbonyl (C=O) groups excluding carboxylic acids is 1. The van der Waals surface area contributed by atoms with E-state index in [0.29, 0.717) is 18.8 Å². The molecule has 0 radical (unpaired) electrons. The Morgan fingerprint density at radius 3 is 2.58 bits per heavy atom. The van der Waals surface area contributed by atoms with Gasteiger partial charge >= 0.3 is 0 Å². The monoisotopic (exact) mass is 391 g/mol. The van der Waals surface area contributed by atoms with Crippen LogP contribution in [0, 0.1) is 11.3 Å². The molecule has 0 fully saturated rings. The zero-order chi connectivity index (χ0) is 19.3. The number of benzene rings is 2. The molecule has 0 saturated carbocycles. The van der Waals surface area contributed by atoms with Gasteiger partial charge in [0.2, 0.25) is 5.91 Å². The molecule has 0 aliphatic heterocycles. The summed E-state index contributed by atoms with van der Waals surface area (Å²) in [5.41, 5.74) is 1.39. The maximum Gasteiger partial charge on any atom is 0.261 e. The second-order valence-electron chi connectivity index (χ2n) is 5.59. The van der Waals surface area contributed by atoms with Gasteiger partial charge in [0, 0.05) is 25.7 Å². The zero-order valence-corrected chi connectivity index (χ0v) is 15.9. The third-order valence-electron chi connectivity index (χ3n) is 3.75. The zero-order valence-electron chi connectivity index (χ0n) is 14.4. The third kappa shape index (κ3) is 4.75. The van der Waals surface area contributed by atoms with Crippen LogP contribution in [-0.4, -0.2) is 25.8 Å². The molecule has 0 aliphatic carbocycles. The average Bonchev–Trinajstić information content (AvgIpc) is 2.59. The summed E-state index contributed by atoms with van der Waals surface area (Å²) < 4.78 is 27.6. The summed E-state index contributed by atoms with van der Waals surface area (Å²) in [6.07, 6.45) is 0. The Hall–Kier alpha value is -2.56. The van der Waals surface area contributed by atoms with Gasteiger partial charge in [-0.15, -0.1) is 0 Å². The smallest absolute Gasteiger partial charge is 0.261 e. The molecule has 6 nitrogen and oxygen atoms in total. The van der Waals surface area contributed by atoms with Crippen molar-refractivity contribution in [3.05, 3.63) is 58.6 Å². The minimum Gasteiger partial charge on any atom is -0.339 e.